The van der Waals surface area contributed by atoms with Crippen molar-refractivity contribution in [3.63, 3.8) is 0 Å². The van der Waals surface area contributed by atoms with Crippen LogP contribution in [0.1, 0.15) is 55.5 Å². The first-order chi connectivity index (χ1) is 12.3. The van der Waals surface area contributed by atoms with Crippen LogP contribution in [0.4, 0.5) is 13.2 Å². The van der Waals surface area contributed by atoms with E-state index in [1.54, 1.807) is 0 Å². The molecule has 1 N–H and O–H groups in total. The molecule has 0 saturated heterocycles. The molecule has 0 aromatic carbocycles. The van der Waals surface area contributed by atoms with E-state index in [-0.39, 0.29) is 40.9 Å². The fourth-order valence-corrected chi connectivity index (χ4v) is 3.65. The van der Waals surface area contributed by atoms with E-state index in [0.717, 1.165) is 31.7 Å². The topological polar surface area (TPSA) is 59.8 Å². The molecule has 0 radical (unpaired) electrons. The van der Waals surface area contributed by atoms with Crippen molar-refractivity contribution in [1.82, 2.24) is 20.1 Å². The molecule has 0 atom stereocenters. The fraction of sp³-hybridized carbons (Fsp3) is 0.611. The van der Waals surface area contributed by atoms with Gasteiger partial charge in [0.1, 0.15) is 6.54 Å². The van der Waals surface area contributed by atoms with Crippen LogP contribution < -0.4 is 5.32 Å². The van der Waals surface area contributed by atoms with Gasteiger partial charge in [0.05, 0.1) is 16.6 Å². The van der Waals surface area contributed by atoms with Crippen molar-refractivity contribution < 1.29 is 18.0 Å². The molecule has 1 aliphatic rings. The Hall–Kier alpha value is -2.12. The molecule has 1 amide bonds. The highest BCUT2D eigenvalue weighted by molar-refractivity contribution is 5.85. The lowest BCUT2D eigenvalue weighted by Gasteiger charge is -2.16. The fourth-order valence-electron chi connectivity index (χ4n) is 3.65. The number of aromatic nitrogens is 3. The molecule has 1 aliphatic carbocycles. The molecule has 0 aliphatic heterocycles. The summed E-state index contributed by atoms with van der Waals surface area (Å²) in [6.45, 7) is 2.88. The first-order valence-electron chi connectivity index (χ1n) is 8.97. The molecule has 1 fully saturated rings. The summed E-state index contributed by atoms with van der Waals surface area (Å²) in [7, 11) is 0. The molecule has 0 unspecified atom stereocenters. The van der Waals surface area contributed by atoms with E-state index < -0.39 is 11.7 Å². The molecule has 2 aromatic heterocycles. The summed E-state index contributed by atoms with van der Waals surface area (Å²) in [6.07, 6.45) is 1.93. The van der Waals surface area contributed by atoms with E-state index in [0.29, 0.717) is 0 Å². The summed E-state index contributed by atoms with van der Waals surface area (Å²) in [6, 6.07) is 1.15. The van der Waals surface area contributed by atoms with Crippen molar-refractivity contribution in [2.75, 3.05) is 0 Å². The van der Waals surface area contributed by atoms with Gasteiger partial charge in [-0.25, -0.2) is 9.67 Å². The Balaban J connectivity index is 1.86. The Bertz CT molecular complexity index is 805. The predicted molar refractivity (Wildman–Crippen MR) is 91.6 cm³/mol. The summed E-state index contributed by atoms with van der Waals surface area (Å²) in [5, 5.41) is 7.10. The molecule has 5 nitrogen and oxygen atoms in total. The highest BCUT2D eigenvalue weighted by atomic mass is 19.4. The van der Waals surface area contributed by atoms with Crippen LogP contribution in [0.25, 0.3) is 11.0 Å². The first kappa shape index (κ1) is 18.7. The lowest BCUT2D eigenvalue weighted by molar-refractivity contribution is -0.136. The lowest BCUT2D eigenvalue weighted by Crippen LogP contribution is -2.36. The molecule has 8 heteroatoms. The standard InChI is InChI=1S/C18H23F3N4O/c1-11-9-14(18(19,20)21)16-12(2)24-25(17(16)22-11)10-15(26)23-13-7-5-3-4-6-8-13/h9,13H,3-8,10H2,1-2H3,(H,23,26). The maximum absolute atomic E-state index is 13.4. The van der Waals surface area contributed by atoms with Gasteiger partial charge in [-0.05, 0) is 32.8 Å². The lowest BCUT2D eigenvalue weighted by atomic mass is 10.1. The molecule has 0 bridgehead atoms. The number of amides is 1. The van der Waals surface area contributed by atoms with Crippen LogP contribution in [-0.2, 0) is 17.5 Å². The minimum absolute atomic E-state index is 0.0367. The quantitative estimate of drug-likeness (QED) is 0.836. The van der Waals surface area contributed by atoms with Gasteiger partial charge >= 0.3 is 6.18 Å². The van der Waals surface area contributed by atoms with Crippen LogP contribution in [-0.4, -0.2) is 26.7 Å². The Morgan fingerprint density at radius 2 is 1.88 bits per heavy atom. The van der Waals surface area contributed by atoms with Gasteiger partial charge in [-0.1, -0.05) is 25.7 Å². The van der Waals surface area contributed by atoms with Gasteiger partial charge in [-0.2, -0.15) is 18.3 Å². The van der Waals surface area contributed by atoms with Gasteiger partial charge in [-0.3, -0.25) is 4.79 Å². The number of carbonyl (C=O) groups excluding carboxylic acids is 1. The summed E-state index contributed by atoms with van der Waals surface area (Å²) in [5.41, 5.74) is -0.184. The third kappa shape index (κ3) is 3.99. The number of carbonyl (C=O) groups is 1. The maximum atomic E-state index is 13.4. The van der Waals surface area contributed by atoms with Crippen molar-refractivity contribution in [3.8, 4) is 0 Å². The first-order valence-corrected chi connectivity index (χ1v) is 8.97. The molecule has 0 spiro atoms. The Morgan fingerprint density at radius 3 is 2.50 bits per heavy atom. The van der Waals surface area contributed by atoms with Crippen molar-refractivity contribution in [2.45, 2.75) is 71.1 Å². The second-order valence-corrected chi connectivity index (χ2v) is 7.01. The van der Waals surface area contributed by atoms with Crippen molar-refractivity contribution in [2.24, 2.45) is 0 Å². The number of halogens is 3. The zero-order chi connectivity index (χ0) is 18.9. The monoisotopic (exact) mass is 368 g/mol. The number of pyridine rings is 1. The second-order valence-electron chi connectivity index (χ2n) is 7.01. The van der Waals surface area contributed by atoms with E-state index in [1.165, 1.54) is 31.4 Å². The zero-order valence-corrected chi connectivity index (χ0v) is 15.0. The van der Waals surface area contributed by atoms with Crippen LogP contribution in [0.3, 0.4) is 0 Å². The van der Waals surface area contributed by atoms with E-state index in [4.69, 9.17) is 0 Å². The summed E-state index contributed by atoms with van der Waals surface area (Å²) < 4.78 is 41.3. The molecule has 2 heterocycles. The summed E-state index contributed by atoms with van der Waals surface area (Å²) in [5.74, 6) is -0.238. The van der Waals surface area contributed by atoms with E-state index >= 15 is 0 Å². The van der Waals surface area contributed by atoms with Crippen LogP contribution in [0.15, 0.2) is 6.07 Å². The molecule has 1 saturated carbocycles. The molecule has 3 rings (SSSR count). The normalized spacial score (nSPS) is 16.7. The largest absolute Gasteiger partial charge is 0.417 e. The van der Waals surface area contributed by atoms with Crippen molar-refractivity contribution in [3.05, 3.63) is 23.0 Å². The molecular formula is C18H23F3N4O. The molecular weight excluding hydrogens is 345 g/mol. The number of alkyl halides is 3. The molecule has 2 aromatic rings. The van der Waals surface area contributed by atoms with Gasteiger partial charge < -0.3 is 5.32 Å². The number of aryl methyl sites for hydroxylation is 2. The smallest absolute Gasteiger partial charge is 0.352 e. The minimum atomic E-state index is -4.49. The minimum Gasteiger partial charge on any atom is -0.352 e. The van der Waals surface area contributed by atoms with E-state index in [2.05, 4.69) is 15.4 Å². The third-order valence-corrected chi connectivity index (χ3v) is 4.82. The van der Waals surface area contributed by atoms with E-state index in [9.17, 15) is 18.0 Å². The Kier molecular flexibility index (Phi) is 5.20. The third-order valence-electron chi connectivity index (χ3n) is 4.82. The second kappa shape index (κ2) is 7.25. The highest BCUT2D eigenvalue weighted by Gasteiger charge is 2.35. The number of hydrogen-bond acceptors (Lipinski definition) is 3. The number of hydrogen-bond donors (Lipinski definition) is 1. The number of rotatable bonds is 3. The van der Waals surface area contributed by atoms with Gasteiger partial charge in [0.25, 0.3) is 0 Å². The van der Waals surface area contributed by atoms with Crippen LogP contribution in [0.5, 0.6) is 0 Å². The predicted octanol–water partition coefficient (Wildman–Crippen LogP) is 3.91. The maximum Gasteiger partial charge on any atom is 0.417 e. The number of nitrogens with one attached hydrogen (secondary N) is 1. The van der Waals surface area contributed by atoms with Crippen molar-refractivity contribution in [1.29, 1.82) is 0 Å². The van der Waals surface area contributed by atoms with Crippen LogP contribution in [0, 0.1) is 13.8 Å². The molecule has 26 heavy (non-hydrogen) atoms. The van der Waals surface area contributed by atoms with Gasteiger partial charge in [0.2, 0.25) is 5.91 Å². The zero-order valence-electron chi connectivity index (χ0n) is 15.0. The van der Waals surface area contributed by atoms with Gasteiger partial charge in [-0.15, -0.1) is 0 Å². The van der Waals surface area contributed by atoms with Gasteiger partial charge in [0, 0.05) is 11.7 Å². The Morgan fingerprint density at radius 1 is 1.23 bits per heavy atom. The van der Waals surface area contributed by atoms with Crippen LogP contribution in [0.2, 0.25) is 0 Å². The highest BCUT2D eigenvalue weighted by Crippen LogP contribution is 2.36. The summed E-state index contributed by atoms with van der Waals surface area (Å²) >= 11 is 0. The number of nitrogens with zero attached hydrogens (tertiary/aromatic N) is 3. The summed E-state index contributed by atoms with van der Waals surface area (Å²) in [4.78, 5) is 16.6. The van der Waals surface area contributed by atoms with Gasteiger partial charge in [0.15, 0.2) is 5.65 Å². The SMILES string of the molecule is Cc1cc(C(F)(F)F)c2c(C)nn(CC(=O)NC3CCCCCC3)c2n1. The Labute approximate surface area is 150 Å². The van der Waals surface area contributed by atoms with Crippen LogP contribution >= 0.6 is 0 Å². The average Bonchev–Trinajstić information content (AvgIpc) is 2.73. The van der Waals surface area contributed by atoms with Crippen molar-refractivity contribution >= 4 is 16.9 Å². The number of fused-ring (bicyclic) bond motifs is 1. The average molecular weight is 368 g/mol. The van der Waals surface area contributed by atoms with E-state index in [1.807, 2.05) is 0 Å². The molecule has 142 valence electrons.